The predicted molar refractivity (Wildman–Crippen MR) is 110 cm³/mol. The Labute approximate surface area is 169 Å². The number of hydrogen-bond donors (Lipinski definition) is 1. The third-order valence-corrected chi connectivity index (χ3v) is 5.08. The van der Waals surface area contributed by atoms with E-state index < -0.39 is 11.8 Å². The van der Waals surface area contributed by atoms with Gasteiger partial charge in [0.2, 0.25) is 0 Å². The Balaban J connectivity index is 1.43. The first kappa shape index (κ1) is 18.7. The predicted octanol–water partition coefficient (Wildman–Crippen LogP) is 4.22. The zero-order valence-corrected chi connectivity index (χ0v) is 16.3. The number of nitrogens with one attached hydrogen (secondary N) is 1. The van der Waals surface area contributed by atoms with Gasteiger partial charge >= 0.3 is 11.8 Å². The fourth-order valence-electron chi connectivity index (χ4n) is 3.51. The van der Waals surface area contributed by atoms with Crippen LogP contribution in [0, 0.1) is 6.92 Å². The Morgan fingerprint density at radius 3 is 2.59 bits per heavy atom. The van der Waals surface area contributed by atoms with Crippen LogP contribution < -0.4 is 10.1 Å². The first-order valence-electron chi connectivity index (χ1n) is 9.41. The summed E-state index contributed by atoms with van der Waals surface area (Å²) in [5.41, 5.74) is 3.55. The fourth-order valence-corrected chi connectivity index (χ4v) is 3.51. The van der Waals surface area contributed by atoms with Crippen LogP contribution in [0.2, 0.25) is 0 Å². The van der Waals surface area contributed by atoms with Gasteiger partial charge in [0.05, 0.1) is 6.04 Å². The number of pyridine rings is 1. The largest absolute Gasteiger partial charge is 0.457 e. The molecule has 4 rings (SSSR count). The second-order valence-corrected chi connectivity index (χ2v) is 7.03. The standard InChI is InChI=1S/C23H21N3O3/c1-15-13-18(7-8-21(15)29-19-9-11-24-12-10-19)25-22(27)23(28)26-14-17-5-3-4-6-20(17)16(26)2/h3-13,16H,14H2,1-2H3,(H,25,27). The summed E-state index contributed by atoms with van der Waals surface area (Å²) < 4.78 is 5.82. The van der Waals surface area contributed by atoms with Gasteiger partial charge in [0.1, 0.15) is 11.5 Å². The van der Waals surface area contributed by atoms with Crippen LogP contribution in [0.4, 0.5) is 5.69 Å². The molecule has 6 nitrogen and oxygen atoms in total. The van der Waals surface area contributed by atoms with Gasteiger partial charge < -0.3 is 15.0 Å². The van der Waals surface area contributed by atoms with Gasteiger partial charge in [-0.2, -0.15) is 0 Å². The van der Waals surface area contributed by atoms with E-state index in [1.165, 1.54) is 0 Å². The lowest BCUT2D eigenvalue weighted by Crippen LogP contribution is -2.37. The van der Waals surface area contributed by atoms with E-state index in [1.54, 1.807) is 47.6 Å². The topological polar surface area (TPSA) is 71.5 Å². The van der Waals surface area contributed by atoms with E-state index in [1.807, 2.05) is 38.1 Å². The van der Waals surface area contributed by atoms with Crippen LogP contribution in [0.1, 0.15) is 29.7 Å². The molecule has 2 aromatic carbocycles. The summed E-state index contributed by atoms with van der Waals surface area (Å²) in [7, 11) is 0. The number of amides is 2. The van der Waals surface area contributed by atoms with Crippen molar-refractivity contribution in [1.82, 2.24) is 9.88 Å². The molecule has 1 aromatic heterocycles. The average molecular weight is 387 g/mol. The van der Waals surface area contributed by atoms with Crippen LogP contribution in [-0.2, 0) is 16.1 Å². The number of aryl methyl sites for hydroxylation is 1. The second kappa shape index (κ2) is 7.75. The maximum absolute atomic E-state index is 12.7. The minimum absolute atomic E-state index is 0.123. The number of hydrogen-bond acceptors (Lipinski definition) is 4. The van der Waals surface area contributed by atoms with E-state index >= 15 is 0 Å². The van der Waals surface area contributed by atoms with Crippen LogP contribution in [0.3, 0.4) is 0 Å². The number of aromatic nitrogens is 1. The highest BCUT2D eigenvalue weighted by Crippen LogP contribution is 2.33. The average Bonchev–Trinajstić information content (AvgIpc) is 3.07. The molecule has 0 saturated heterocycles. The summed E-state index contributed by atoms with van der Waals surface area (Å²) >= 11 is 0. The molecule has 6 heteroatoms. The van der Waals surface area contributed by atoms with Crippen molar-refractivity contribution in [1.29, 1.82) is 0 Å². The molecule has 1 aliphatic heterocycles. The van der Waals surface area contributed by atoms with Gasteiger partial charge in [0.25, 0.3) is 0 Å². The van der Waals surface area contributed by atoms with Crippen molar-refractivity contribution in [3.63, 3.8) is 0 Å². The molecule has 0 spiro atoms. The first-order chi connectivity index (χ1) is 14.0. The molecule has 0 radical (unpaired) electrons. The maximum atomic E-state index is 12.7. The molecule has 29 heavy (non-hydrogen) atoms. The number of carbonyl (C=O) groups excluding carboxylic acids is 2. The molecule has 0 bridgehead atoms. The molecule has 2 heterocycles. The van der Waals surface area contributed by atoms with E-state index in [2.05, 4.69) is 10.3 Å². The van der Waals surface area contributed by atoms with Crippen molar-refractivity contribution < 1.29 is 14.3 Å². The lowest BCUT2D eigenvalue weighted by atomic mass is 10.1. The summed E-state index contributed by atoms with van der Waals surface area (Å²) in [6.45, 7) is 4.26. The van der Waals surface area contributed by atoms with Crippen LogP contribution in [0.25, 0.3) is 0 Å². The summed E-state index contributed by atoms with van der Waals surface area (Å²) in [6.07, 6.45) is 3.31. The van der Waals surface area contributed by atoms with Gasteiger partial charge in [-0.3, -0.25) is 14.6 Å². The number of nitrogens with zero attached hydrogens (tertiary/aromatic N) is 2. The molecule has 0 fully saturated rings. The smallest absolute Gasteiger partial charge is 0.313 e. The molecule has 2 amide bonds. The molecule has 0 saturated carbocycles. The molecular weight excluding hydrogens is 366 g/mol. The molecule has 1 N–H and O–H groups in total. The summed E-state index contributed by atoms with van der Waals surface area (Å²) in [5.74, 6) is 0.164. The van der Waals surface area contributed by atoms with Crippen molar-refractivity contribution in [3.8, 4) is 11.5 Å². The Morgan fingerprint density at radius 1 is 1.10 bits per heavy atom. The number of rotatable bonds is 3. The maximum Gasteiger partial charge on any atom is 0.313 e. The van der Waals surface area contributed by atoms with E-state index in [0.717, 1.165) is 16.7 Å². The minimum Gasteiger partial charge on any atom is -0.457 e. The molecule has 0 aliphatic carbocycles. The summed E-state index contributed by atoms with van der Waals surface area (Å²) in [5, 5.41) is 2.70. The Hall–Kier alpha value is -3.67. The number of carbonyl (C=O) groups is 2. The van der Waals surface area contributed by atoms with E-state index in [-0.39, 0.29) is 6.04 Å². The monoisotopic (exact) mass is 387 g/mol. The van der Waals surface area contributed by atoms with Crippen LogP contribution >= 0.6 is 0 Å². The number of ether oxygens (including phenoxy) is 1. The zero-order chi connectivity index (χ0) is 20.4. The second-order valence-electron chi connectivity index (χ2n) is 7.03. The van der Waals surface area contributed by atoms with Crippen molar-refractivity contribution >= 4 is 17.5 Å². The van der Waals surface area contributed by atoms with E-state index in [9.17, 15) is 9.59 Å². The molecule has 146 valence electrons. The number of fused-ring (bicyclic) bond motifs is 1. The lowest BCUT2D eigenvalue weighted by molar-refractivity contribution is -0.144. The zero-order valence-electron chi connectivity index (χ0n) is 16.3. The summed E-state index contributed by atoms with van der Waals surface area (Å²) in [4.78, 5) is 30.8. The SMILES string of the molecule is Cc1cc(NC(=O)C(=O)N2Cc3ccccc3C2C)ccc1Oc1ccncc1. The molecule has 1 aliphatic rings. The normalized spacial score (nSPS) is 15.0. The van der Waals surface area contributed by atoms with Gasteiger partial charge in [0.15, 0.2) is 0 Å². The van der Waals surface area contributed by atoms with Gasteiger partial charge in [-0.25, -0.2) is 0 Å². The number of benzene rings is 2. The van der Waals surface area contributed by atoms with Crippen LogP contribution in [-0.4, -0.2) is 21.7 Å². The third kappa shape index (κ3) is 3.82. The number of anilines is 1. The Bertz CT molecular complexity index is 1070. The molecule has 1 atom stereocenters. The van der Waals surface area contributed by atoms with Gasteiger partial charge in [0, 0.05) is 24.6 Å². The van der Waals surface area contributed by atoms with Crippen LogP contribution in [0.5, 0.6) is 11.5 Å². The highest BCUT2D eigenvalue weighted by atomic mass is 16.5. The highest BCUT2D eigenvalue weighted by molar-refractivity contribution is 6.39. The third-order valence-electron chi connectivity index (χ3n) is 5.08. The van der Waals surface area contributed by atoms with Crippen molar-refractivity contribution in [2.45, 2.75) is 26.4 Å². The highest BCUT2D eigenvalue weighted by Gasteiger charge is 2.33. The lowest BCUT2D eigenvalue weighted by Gasteiger charge is -2.21. The Morgan fingerprint density at radius 2 is 1.86 bits per heavy atom. The molecule has 1 unspecified atom stereocenters. The van der Waals surface area contributed by atoms with E-state index in [4.69, 9.17) is 4.74 Å². The van der Waals surface area contributed by atoms with Gasteiger partial charge in [-0.05, 0) is 60.9 Å². The molecular formula is C23H21N3O3. The van der Waals surface area contributed by atoms with Crippen LogP contribution in [0.15, 0.2) is 67.0 Å². The summed E-state index contributed by atoms with van der Waals surface area (Å²) in [6, 6.07) is 16.6. The van der Waals surface area contributed by atoms with Gasteiger partial charge in [-0.1, -0.05) is 24.3 Å². The van der Waals surface area contributed by atoms with E-state index in [0.29, 0.717) is 23.7 Å². The Kier molecular flexibility index (Phi) is 4.99. The van der Waals surface area contributed by atoms with Gasteiger partial charge in [-0.15, -0.1) is 0 Å². The first-order valence-corrected chi connectivity index (χ1v) is 9.41. The quantitative estimate of drug-likeness (QED) is 0.683. The molecule has 3 aromatic rings. The minimum atomic E-state index is -0.646. The van der Waals surface area contributed by atoms with Crippen molar-refractivity contribution in [2.24, 2.45) is 0 Å². The fraction of sp³-hybridized carbons (Fsp3) is 0.174. The van der Waals surface area contributed by atoms with Crippen molar-refractivity contribution in [3.05, 3.63) is 83.7 Å². The van der Waals surface area contributed by atoms with Crippen molar-refractivity contribution in [2.75, 3.05) is 5.32 Å².